The molecule has 0 saturated carbocycles. The first-order chi connectivity index (χ1) is 18.9. The van der Waals surface area contributed by atoms with Crippen LogP contribution in [-0.4, -0.2) is 22.4 Å². The Bertz CT molecular complexity index is 1140. The molecule has 0 bridgehead atoms. The number of hydrogen-bond donors (Lipinski definition) is 0. The summed E-state index contributed by atoms with van der Waals surface area (Å²) in [5.41, 5.74) is 5.25. The molecule has 38 heavy (non-hydrogen) atoms. The van der Waals surface area contributed by atoms with Crippen molar-refractivity contribution in [1.29, 1.82) is 0 Å². The fourth-order valence-corrected chi connectivity index (χ4v) is 6.11. The second-order valence-electron chi connectivity index (χ2n) is 10.1. The smallest absolute Gasteiger partial charge is 0.0728 e. The molecule has 0 radical (unpaired) electrons. The van der Waals surface area contributed by atoms with E-state index in [1.54, 1.807) is 0 Å². The van der Waals surface area contributed by atoms with E-state index in [-0.39, 0.29) is 24.2 Å². The van der Waals surface area contributed by atoms with Gasteiger partial charge in [-0.1, -0.05) is 121 Å². The van der Waals surface area contributed by atoms with Crippen LogP contribution in [0, 0.1) is 0 Å². The summed E-state index contributed by atoms with van der Waals surface area (Å²) >= 11 is 0. The van der Waals surface area contributed by atoms with Crippen LogP contribution >= 0.6 is 0 Å². The molecular weight excluding hydrogens is 464 g/mol. The highest BCUT2D eigenvalue weighted by Crippen LogP contribution is 2.45. The van der Waals surface area contributed by atoms with Gasteiger partial charge < -0.3 is 0 Å². The second kappa shape index (κ2) is 11.5. The number of hydrogen-bond acceptors (Lipinski definition) is 4. The molecule has 0 unspecified atom stereocenters. The summed E-state index contributed by atoms with van der Waals surface area (Å²) in [5, 5.41) is 14.6. The first-order valence-electron chi connectivity index (χ1n) is 13.7. The molecule has 2 saturated heterocycles. The average molecular weight is 499 g/mol. The Labute approximate surface area is 225 Å². The third-order valence-corrected chi connectivity index (χ3v) is 7.91. The van der Waals surface area contributed by atoms with E-state index in [0.717, 1.165) is 25.7 Å². The predicted octanol–water partition coefficient (Wildman–Crippen LogP) is 8.11. The maximum atomic E-state index is 5.03. The van der Waals surface area contributed by atoms with Crippen LogP contribution in [0.3, 0.4) is 0 Å². The van der Waals surface area contributed by atoms with Crippen molar-refractivity contribution < 1.29 is 0 Å². The zero-order valence-electron chi connectivity index (χ0n) is 21.6. The SMILES string of the molecule is C(/C=N/N1[C@H](c2ccccc2)CC[C@H]1c1ccccc1)=N\N1[C@H](c2ccccc2)CC[C@H]1c1ccccc1. The summed E-state index contributed by atoms with van der Waals surface area (Å²) in [5.74, 6) is 0. The molecular formula is C34H34N4. The predicted molar refractivity (Wildman–Crippen MR) is 156 cm³/mol. The molecule has 6 rings (SSSR count). The summed E-state index contributed by atoms with van der Waals surface area (Å²) in [6, 6.07) is 44.0. The Hall–Kier alpha value is -4.18. The van der Waals surface area contributed by atoms with E-state index in [0.29, 0.717) is 0 Å². The lowest BCUT2D eigenvalue weighted by Crippen LogP contribution is -2.22. The fourth-order valence-electron chi connectivity index (χ4n) is 6.11. The number of nitrogens with zero attached hydrogens (tertiary/aromatic N) is 4. The van der Waals surface area contributed by atoms with Gasteiger partial charge in [0.25, 0.3) is 0 Å². The zero-order valence-corrected chi connectivity index (χ0v) is 21.6. The van der Waals surface area contributed by atoms with Crippen molar-refractivity contribution in [3.05, 3.63) is 144 Å². The van der Waals surface area contributed by atoms with Crippen LogP contribution in [-0.2, 0) is 0 Å². The van der Waals surface area contributed by atoms with Crippen molar-refractivity contribution in [2.45, 2.75) is 49.9 Å². The van der Waals surface area contributed by atoms with Crippen molar-refractivity contribution in [2.24, 2.45) is 10.2 Å². The molecule has 4 nitrogen and oxygen atoms in total. The van der Waals surface area contributed by atoms with E-state index in [2.05, 4.69) is 131 Å². The molecule has 2 aliphatic rings. The van der Waals surface area contributed by atoms with Crippen LogP contribution in [0.2, 0.25) is 0 Å². The molecule has 0 N–H and O–H groups in total. The van der Waals surface area contributed by atoms with Gasteiger partial charge in [0.05, 0.1) is 36.6 Å². The second-order valence-corrected chi connectivity index (χ2v) is 10.1. The van der Waals surface area contributed by atoms with Crippen LogP contribution in [0.1, 0.15) is 72.1 Å². The third kappa shape index (κ3) is 5.12. The maximum Gasteiger partial charge on any atom is 0.0728 e. The van der Waals surface area contributed by atoms with E-state index in [1.165, 1.54) is 22.3 Å². The van der Waals surface area contributed by atoms with Crippen LogP contribution < -0.4 is 0 Å². The Morgan fingerprint density at radius 3 is 0.868 bits per heavy atom. The molecule has 2 heterocycles. The molecule has 4 aromatic carbocycles. The maximum absolute atomic E-state index is 5.03. The van der Waals surface area contributed by atoms with Crippen molar-refractivity contribution in [1.82, 2.24) is 10.0 Å². The summed E-state index contributed by atoms with van der Waals surface area (Å²) < 4.78 is 0. The van der Waals surface area contributed by atoms with Gasteiger partial charge in [-0.25, -0.2) is 0 Å². The fraction of sp³-hybridized carbons (Fsp3) is 0.235. The van der Waals surface area contributed by atoms with Gasteiger partial charge in [0.1, 0.15) is 0 Å². The summed E-state index contributed by atoms with van der Waals surface area (Å²) in [6.07, 6.45) is 8.10. The van der Waals surface area contributed by atoms with Crippen molar-refractivity contribution in [3.8, 4) is 0 Å². The summed E-state index contributed by atoms with van der Waals surface area (Å²) in [6.45, 7) is 0. The monoisotopic (exact) mass is 498 g/mol. The van der Waals surface area contributed by atoms with Gasteiger partial charge >= 0.3 is 0 Å². The lowest BCUT2D eigenvalue weighted by Gasteiger charge is -2.29. The molecule has 190 valence electrons. The standard InChI is InChI=1S/C34H34N4/c1-5-13-27(14-6-1)31-21-22-32(28-15-7-2-8-16-28)37(31)35-25-26-36-38-33(29-17-9-3-10-18-29)23-24-34(38)30-19-11-4-12-20-30/h1-20,25-26,31-34H,21-24H2/b35-25+,36-26+/t31-,32-,33-,34-/m0/s1. The first-order valence-corrected chi connectivity index (χ1v) is 13.7. The van der Waals surface area contributed by atoms with Crippen molar-refractivity contribution in [3.63, 3.8) is 0 Å². The molecule has 0 amide bonds. The molecule has 0 aliphatic carbocycles. The van der Waals surface area contributed by atoms with Gasteiger partial charge in [-0.15, -0.1) is 0 Å². The Morgan fingerprint density at radius 2 is 0.632 bits per heavy atom. The van der Waals surface area contributed by atoms with Crippen LogP contribution in [0.15, 0.2) is 132 Å². The highest BCUT2D eigenvalue weighted by atomic mass is 15.5. The number of rotatable bonds is 7. The molecule has 4 aromatic rings. The molecule has 0 spiro atoms. The van der Waals surface area contributed by atoms with Gasteiger partial charge in [0.15, 0.2) is 0 Å². The van der Waals surface area contributed by atoms with Gasteiger partial charge in [0, 0.05) is 0 Å². The average Bonchev–Trinajstić information content (AvgIpc) is 3.62. The van der Waals surface area contributed by atoms with E-state index in [1.807, 2.05) is 12.4 Å². The minimum Gasteiger partial charge on any atom is -0.282 e. The Balaban J connectivity index is 1.27. The molecule has 0 aromatic heterocycles. The molecule has 4 atom stereocenters. The van der Waals surface area contributed by atoms with Crippen molar-refractivity contribution >= 4 is 12.4 Å². The quantitative estimate of drug-likeness (QED) is 0.241. The van der Waals surface area contributed by atoms with E-state index in [4.69, 9.17) is 10.2 Å². The van der Waals surface area contributed by atoms with Gasteiger partial charge in [-0.05, 0) is 47.9 Å². The molecule has 2 fully saturated rings. The highest BCUT2D eigenvalue weighted by Gasteiger charge is 2.35. The van der Waals surface area contributed by atoms with Crippen LogP contribution in [0.5, 0.6) is 0 Å². The van der Waals surface area contributed by atoms with E-state index < -0.39 is 0 Å². The topological polar surface area (TPSA) is 31.2 Å². The summed E-state index contributed by atoms with van der Waals surface area (Å²) in [4.78, 5) is 0. The van der Waals surface area contributed by atoms with Crippen LogP contribution in [0.25, 0.3) is 0 Å². The van der Waals surface area contributed by atoms with Gasteiger partial charge in [-0.3, -0.25) is 10.0 Å². The van der Waals surface area contributed by atoms with Gasteiger partial charge in [0.2, 0.25) is 0 Å². The normalized spacial score (nSPS) is 23.6. The van der Waals surface area contributed by atoms with Crippen molar-refractivity contribution in [2.75, 3.05) is 0 Å². The Kier molecular flexibility index (Phi) is 7.30. The van der Waals surface area contributed by atoms with Gasteiger partial charge in [-0.2, -0.15) is 10.2 Å². The summed E-state index contributed by atoms with van der Waals surface area (Å²) in [7, 11) is 0. The Morgan fingerprint density at radius 1 is 0.395 bits per heavy atom. The minimum absolute atomic E-state index is 0.256. The van der Waals surface area contributed by atoms with Crippen LogP contribution in [0.4, 0.5) is 0 Å². The minimum atomic E-state index is 0.256. The third-order valence-electron chi connectivity index (χ3n) is 7.91. The zero-order chi connectivity index (χ0) is 25.6. The lowest BCUT2D eigenvalue weighted by atomic mass is 10.0. The molecule has 4 heteroatoms. The van der Waals surface area contributed by atoms with E-state index >= 15 is 0 Å². The largest absolute Gasteiger partial charge is 0.282 e. The highest BCUT2D eigenvalue weighted by molar-refractivity contribution is 6.15. The molecule has 2 aliphatic heterocycles. The number of hydrazone groups is 2. The number of benzene rings is 4. The first kappa shape index (κ1) is 24.2. The lowest BCUT2D eigenvalue weighted by molar-refractivity contribution is 0.203. The van der Waals surface area contributed by atoms with E-state index in [9.17, 15) is 0 Å².